The van der Waals surface area contributed by atoms with Crippen LogP contribution in [0.1, 0.15) is 48.4 Å². The van der Waals surface area contributed by atoms with Gasteiger partial charge in [0.2, 0.25) is 0 Å². The number of hydrogen-bond donors (Lipinski definition) is 1. The van der Waals surface area contributed by atoms with Crippen LogP contribution in [0.3, 0.4) is 0 Å². The number of likely N-dealkylation sites (N-methyl/N-ethyl adjacent to an activating group) is 1. The Bertz CT molecular complexity index is 554. The molecule has 6 heteroatoms. The number of carbonyl (C=O) groups is 2. The predicted molar refractivity (Wildman–Crippen MR) is 94.0 cm³/mol. The lowest BCUT2D eigenvalue weighted by Gasteiger charge is -2.18. The molecule has 2 N–H and O–H groups in total. The molecule has 0 fully saturated rings. The molecule has 6 nitrogen and oxygen atoms in total. The third-order valence-electron chi connectivity index (χ3n) is 3.60. The van der Waals surface area contributed by atoms with E-state index in [2.05, 4.69) is 4.90 Å². The van der Waals surface area contributed by atoms with E-state index in [-0.39, 0.29) is 35.9 Å². The largest absolute Gasteiger partial charge is 0.462 e. The molecule has 134 valence electrons. The number of ether oxygens (including phenoxy) is 2. The van der Waals surface area contributed by atoms with Gasteiger partial charge in [0.05, 0.1) is 17.7 Å². The molecular formula is C18H28N2O4. The Labute approximate surface area is 143 Å². The zero-order valence-corrected chi connectivity index (χ0v) is 15.0. The average Bonchev–Trinajstić information content (AvgIpc) is 2.56. The Morgan fingerprint density at radius 3 is 2.38 bits per heavy atom. The second-order valence-corrected chi connectivity index (χ2v) is 5.92. The van der Waals surface area contributed by atoms with Crippen LogP contribution in [-0.2, 0) is 9.47 Å². The number of benzene rings is 1. The number of nitrogen functional groups attached to an aromatic ring is 1. The van der Waals surface area contributed by atoms with Gasteiger partial charge in [-0.25, -0.2) is 9.59 Å². The topological polar surface area (TPSA) is 81.9 Å². The predicted octanol–water partition coefficient (Wildman–Crippen LogP) is 2.58. The molecule has 0 amide bonds. The Kier molecular flexibility index (Phi) is 8.26. The van der Waals surface area contributed by atoms with Crippen molar-refractivity contribution < 1.29 is 19.1 Å². The summed E-state index contributed by atoms with van der Waals surface area (Å²) < 4.78 is 10.5. The molecule has 0 radical (unpaired) electrons. The molecule has 1 aromatic carbocycles. The summed E-state index contributed by atoms with van der Waals surface area (Å²) in [6.07, 6.45) is 0. The van der Waals surface area contributed by atoms with Gasteiger partial charge in [-0.1, -0.05) is 33.8 Å². The molecule has 0 aromatic heterocycles. The summed E-state index contributed by atoms with van der Waals surface area (Å²) in [6, 6.07) is 4.72. The van der Waals surface area contributed by atoms with E-state index in [0.717, 1.165) is 13.1 Å². The van der Waals surface area contributed by atoms with Gasteiger partial charge in [0, 0.05) is 12.2 Å². The van der Waals surface area contributed by atoms with Gasteiger partial charge in [-0.2, -0.15) is 0 Å². The first kappa shape index (κ1) is 20.0. The van der Waals surface area contributed by atoms with E-state index in [1.165, 1.54) is 6.07 Å². The van der Waals surface area contributed by atoms with Crippen LogP contribution in [0.2, 0.25) is 0 Å². The van der Waals surface area contributed by atoms with Crippen LogP contribution in [0.15, 0.2) is 18.2 Å². The fourth-order valence-electron chi connectivity index (χ4n) is 2.17. The minimum atomic E-state index is -0.600. The molecule has 0 aliphatic heterocycles. The van der Waals surface area contributed by atoms with Crippen LogP contribution in [0, 0.1) is 5.92 Å². The van der Waals surface area contributed by atoms with Gasteiger partial charge in [0.1, 0.15) is 6.61 Å². The summed E-state index contributed by atoms with van der Waals surface area (Å²) in [5.41, 5.74) is 6.30. The van der Waals surface area contributed by atoms with Crippen LogP contribution in [-0.4, -0.2) is 49.7 Å². The van der Waals surface area contributed by atoms with Gasteiger partial charge >= 0.3 is 11.9 Å². The first-order valence-electron chi connectivity index (χ1n) is 8.35. The highest BCUT2D eigenvalue weighted by Crippen LogP contribution is 2.20. The van der Waals surface area contributed by atoms with Crippen molar-refractivity contribution in [1.29, 1.82) is 0 Å². The minimum absolute atomic E-state index is 0.0750. The number of hydrogen-bond acceptors (Lipinski definition) is 6. The standard InChI is InChI=1S/C18H28N2O4/c1-5-20(6-2)10-11-23-17(21)14-8-7-9-15(19)16(14)18(22)24-12-13(3)4/h7-9,13H,5-6,10-12,19H2,1-4H3. The van der Waals surface area contributed by atoms with E-state index < -0.39 is 11.9 Å². The molecule has 24 heavy (non-hydrogen) atoms. The summed E-state index contributed by atoms with van der Waals surface area (Å²) in [5.74, 6) is -0.966. The van der Waals surface area contributed by atoms with Crippen molar-refractivity contribution in [3.63, 3.8) is 0 Å². The second kappa shape index (κ2) is 9.93. The van der Waals surface area contributed by atoms with Crippen molar-refractivity contribution in [2.24, 2.45) is 5.92 Å². The zero-order chi connectivity index (χ0) is 18.1. The second-order valence-electron chi connectivity index (χ2n) is 5.92. The number of esters is 2. The van der Waals surface area contributed by atoms with Gasteiger partial charge in [-0.3, -0.25) is 0 Å². The third-order valence-corrected chi connectivity index (χ3v) is 3.60. The van der Waals surface area contributed by atoms with Crippen molar-refractivity contribution in [2.75, 3.05) is 38.6 Å². The number of carbonyl (C=O) groups excluding carboxylic acids is 2. The molecule has 0 heterocycles. The number of anilines is 1. The van der Waals surface area contributed by atoms with Crippen LogP contribution in [0.25, 0.3) is 0 Å². The van der Waals surface area contributed by atoms with Crippen molar-refractivity contribution in [3.8, 4) is 0 Å². The number of rotatable bonds is 9. The van der Waals surface area contributed by atoms with Crippen LogP contribution >= 0.6 is 0 Å². The van der Waals surface area contributed by atoms with E-state index in [9.17, 15) is 9.59 Å². The van der Waals surface area contributed by atoms with E-state index >= 15 is 0 Å². The lowest BCUT2D eigenvalue weighted by atomic mass is 10.1. The summed E-state index contributed by atoms with van der Waals surface area (Å²) in [4.78, 5) is 26.7. The molecule has 0 unspecified atom stereocenters. The minimum Gasteiger partial charge on any atom is -0.462 e. The van der Waals surface area contributed by atoms with Gasteiger partial charge < -0.3 is 20.1 Å². The molecule has 1 aromatic rings. The fourth-order valence-corrected chi connectivity index (χ4v) is 2.17. The molecule has 0 atom stereocenters. The van der Waals surface area contributed by atoms with Crippen molar-refractivity contribution in [1.82, 2.24) is 4.90 Å². The first-order chi connectivity index (χ1) is 11.4. The maximum Gasteiger partial charge on any atom is 0.341 e. The summed E-state index contributed by atoms with van der Waals surface area (Å²) >= 11 is 0. The highest BCUT2D eigenvalue weighted by molar-refractivity contribution is 6.06. The quantitative estimate of drug-likeness (QED) is 0.551. The number of nitrogens with zero attached hydrogens (tertiary/aromatic N) is 1. The fraction of sp³-hybridized carbons (Fsp3) is 0.556. The molecular weight excluding hydrogens is 308 g/mol. The maximum atomic E-state index is 12.3. The Hall–Kier alpha value is -2.08. The van der Waals surface area contributed by atoms with Gasteiger partial charge in [-0.05, 0) is 31.1 Å². The maximum absolute atomic E-state index is 12.3. The average molecular weight is 336 g/mol. The van der Waals surface area contributed by atoms with Crippen molar-refractivity contribution in [3.05, 3.63) is 29.3 Å². The molecule has 0 bridgehead atoms. The van der Waals surface area contributed by atoms with E-state index in [1.54, 1.807) is 12.1 Å². The van der Waals surface area contributed by atoms with Crippen LogP contribution in [0.4, 0.5) is 5.69 Å². The first-order valence-corrected chi connectivity index (χ1v) is 8.35. The smallest absolute Gasteiger partial charge is 0.341 e. The third kappa shape index (κ3) is 5.85. The lowest BCUT2D eigenvalue weighted by Crippen LogP contribution is -2.28. The number of nitrogens with two attached hydrogens (primary N) is 1. The zero-order valence-electron chi connectivity index (χ0n) is 15.0. The highest BCUT2D eigenvalue weighted by Gasteiger charge is 2.22. The van der Waals surface area contributed by atoms with Gasteiger partial charge in [-0.15, -0.1) is 0 Å². The molecule has 0 aliphatic rings. The Morgan fingerprint density at radius 1 is 1.12 bits per heavy atom. The SMILES string of the molecule is CCN(CC)CCOC(=O)c1cccc(N)c1C(=O)OCC(C)C. The van der Waals surface area contributed by atoms with Crippen LogP contribution in [0.5, 0.6) is 0 Å². The van der Waals surface area contributed by atoms with E-state index in [0.29, 0.717) is 6.54 Å². The molecule has 0 saturated carbocycles. The molecule has 0 aliphatic carbocycles. The van der Waals surface area contributed by atoms with Gasteiger partial charge in [0.25, 0.3) is 0 Å². The lowest BCUT2D eigenvalue weighted by molar-refractivity contribution is 0.0417. The monoisotopic (exact) mass is 336 g/mol. The van der Waals surface area contributed by atoms with E-state index in [4.69, 9.17) is 15.2 Å². The summed E-state index contributed by atoms with van der Waals surface area (Å²) in [7, 11) is 0. The highest BCUT2D eigenvalue weighted by atomic mass is 16.5. The molecule has 0 saturated heterocycles. The van der Waals surface area contributed by atoms with Gasteiger partial charge in [0.15, 0.2) is 0 Å². The normalized spacial score (nSPS) is 10.9. The Balaban J connectivity index is 2.81. The van der Waals surface area contributed by atoms with Crippen molar-refractivity contribution >= 4 is 17.6 Å². The Morgan fingerprint density at radius 2 is 1.79 bits per heavy atom. The molecule has 1 rings (SSSR count). The summed E-state index contributed by atoms with van der Waals surface area (Å²) in [5, 5.41) is 0. The van der Waals surface area contributed by atoms with Crippen molar-refractivity contribution in [2.45, 2.75) is 27.7 Å². The van der Waals surface area contributed by atoms with E-state index in [1.807, 2.05) is 27.7 Å². The summed E-state index contributed by atoms with van der Waals surface area (Å²) in [6.45, 7) is 10.9. The van der Waals surface area contributed by atoms with Crippen LogP contribution < -0.4 is 5.73 Å². The molecule has 0 spiro atoms.